The molecular formula is C15H22N4O. The van der Waals surface area contributed by atoms with Gasteiger partial charge >= 0.3 is 0 Å². The summed E-state index contributed by atoms with van der Waals surface area (Å²) in [6.45, 7) is 4.47. The van der Waals surface area contributed by atoms with Crippen LogP contribution in [0.4, 0.5) is 11.4 Å². The van der Waals surface area contributed by atoms with E-state index in [0.717, 1.165) is 37.4 Å². The van der Waals surface area contributed by atoms with E-state index in [1.807, 2.05) is 37.6 Å². The standard InChI is InChI=1S/C15H22N4O/c1-2-20-14-7-5-6-13(15(14)16)18-8-3-4-10-19-11-9-17-12-19/h5-7,9,11-12,18H,2-4,8,10,16H2,1H3. The number of para-hydroxylation sites is 1. The van der Waals surface area contributed by atoms with Gasteiger partial charge in [0.1, 0.15) is 5.75 Å². The Kier molecular flexibility index (Phi) is 5.29. The Morgan fingerprint density at radius 2 is 2.25 bits per heavy atom. The number of hydrogen-bond donors (Lipinski definition) is 2. The van der Waals surface area contributed by atoms with Gasteiger partial charge in [0.05, 0.1) is 24.3 Å². The molecule has 1 heterocycles. The molecule has 5 nitrogen and oxygen atoms in total. The molecule has 108 valence electrons. The quantitative estimate of drug-likeness (QED) is 0.574. The predicted octanol–water partition coefficient (Wildman–Crippen LogP) is 2.76. The summed E-state index contributed by atoms with van der Waals surface area (Å²) in [6, 6.07) is 5.83. The van der Waals surface area contributed by atoms with E-state index in [0.29, 0.717) is 12.3 Å². The highest BCUT2D eigenvalue weighted by Gasteiger charge is 2.04. The number of nitrogens with zero attached hydrogens (tertiary/aromatic N) is 2. The summed E-state index contributed by atoms with van der Waals surface area (Å²) < 4.78 is 7.57. The van der Waals surface area contributed by atoms with Gasteiger partial charge in [0.2, 0.25) is 0 Å². The molecule has 0 spiro atoms. The van der Waals surface area contributed by atoms with Crippen LogP contribution in [-0.2, 0) is 6.54 Å². The zero-order chi connectivity index (χ0) is 14.2. The number of nitrogen functional groups attached to an aromatic ring is 1. The lowest BCUT2D eigenvalue weighted by atomic mass is 10.2. The van der Waals surface area contributed by atoms with E-state index in [1.165, 1.54) is 0 Å². The molecule has 20 heavy (non-hydrogen) atoms. The Bertz CT molecular complexity index is 511. The second-order valence-electron chi connectivity index (χ2n) is 4.58. The first-order valence-electron chi connectivity index (χ1n) is 7.02. The minimum absolute atomic E-state index is 0.624. The third-order valence-corrected chi connectivity index (χ3v) is 3.08. The molecule has 5 heteroatoms. The Morgan fingerprint density at radius 3 is 3.00 bits per heavy atom. The molecule has 1 aromatic carbocycles. The van der Waals surface area contributed by atoms with Crippen molar-refractivity contribution in [2.75, 3.05) is 24.2 Å². The third-order valence-electron chi connectivity index (χ3n) is 3.08. The molecule has 0 unspecified atom stereocenters. The van der Waals surface area contributed by atoms with E-state index >= 15 is 0 Å². The third kappa shape index (κ3) is 3.91. The van der Waals surface area contributed by atoms with Gasteiger partial charge in [-0.25, -0.2) is 4.98 Å². The van der Waals surface area contributed by atoms with Gasteiger partial charge in [0, 0.05) is 25.5 Å². The van der Waals surface area contributed by atoms with E-state index in [1.54, 1.807) is 6.20 Å². The van der Waals surface area contributed by atoms with Gasteiger partial charge in [-0.1, -0.05) is 6.07 Å². The van der Waals surface area contributed by atoms with Crippen molar-refractivity contribution < 1.29 is 4.74 Å². The summed E-state index contributed by atoms with van der Waals surface area (Å²) >= 11 is 0. The fourth-order valence-corrected chi connectivity index (χ4v) is 2.04. The minimum atomic E-state index is 0.624. The lowest BCUT2D eigenvalue weighted by molar-refractivity contribution is 0.342. The van der Waals surface area contributed by atoms with Crippen molar-refractivity contribution in [3.8, 4) is 5.75 Å². The Morgan fingerprint density at radius 1 is 1.35 bits per heavy atom. The van der Waals surface area contributed by atoms with Gasteiger partial charge in [0.15, 0.2) is 0 Å². The van der Waals surface area contributed by atoms with Gasteiger partial charge in [0.25, 0.3) is 0 Å². The highest BCUT2D eigenvalue weighted by atomic mass is 16.5. The normalized spacial score (nSPS) is 10.4. The van der Waals surface area contributed by atoms with Gasteiger partial charge in [-0.2, -0.15) is 0 Å². The average Bonchev–Trinajstić information content (AvgIpc) is 2.96. The number of rotatable bonds is 8. The highest BCUT2D eigenvalue weighted by molar-refractivity contribution is 5.72. The minimum Gasteiger partial charge on any atom is -0.492 e. The van der Waals surface area contributed by atoms with Gasteiger partial charge in [-0.3, -0.25) is 0 Å². The van der Waals surface area contributed by atoms with Crippen molar-refractivity contribution in [1.82, 2.24) is 9.55 Å². The Labute approximate surface area is 119 Å². The topological polar surface area (TPSA) is 65.1 Å². The van der Waals surface area contributed by atoms with Crippen LogP contribution < -0.4 is 15.8 Å². The number of nitrogens with two attached hydrogens (primary N) is 1. The molecule has 3 N–H and O–H groups in total. The largest absolute Gasteiger partial charge is 0.492 e. The number of aryl methyl sites for hydroxylation is 1. The van der Waals surface area contributed by atoms with Crippen LogP contribution in [0.15, 0.2) is 36.9 Å². The first kappa shape index (κ1) is 14.2. The predicted molar refractivity (Wildman–Crippen MR) is 82.0 cm³/mol. The second kappa shape index (κ2) is 7.43. The molecule has 0 aliphatic carbocycles. The number of nitrogens with one attached hydrogen (secondary N) is 1. The fourth-order valence-electron chi connectivity index (χ4n) is 2.04. The van der Waals surface area contributed by atoms with E-state index in [-0.39, 0.29) is 0 Å². The highest BCUT2D eigenvalue weighted by Crippen LogP contribution is 2.29. The van der Waals surface area contributed by atoms with Crippen LogP contribution >= 0.6 is 0 Å². The van der Waals surface area contributed by atoms with Crippen molar-refractivity contribution in [3.05, 3.63) is 36.9 Å². The summed E-state index contributed by atoms with van der Waals surface area (Å²) in [4.78, 5) is 4.02. The van der Waals surface area contributed by atoms with Crippen LogP contribution in [0, 0.1) is 0 Å². The first-order valence-corrected chi connectivity index (χ1v) is 7.02. The molecule has 1 aromatic heterocycles. The Hall–Kier alpha value is -2.17. The van der Waals surface area contributed by atoms with Crippen LogP contribution in [0.5, 0.6) is 5.75 Å². The Balaban J connectivity index is 1.75. The average molecular weight is 274 g/mol. The maximum absolute atomic E-state index is 6.06. The molecule has 0 saturated carbocycles. The van der Waals surface area contributed by atoms with E-state index in [2.05, 4.69) is 14.9 Å². The summed E-state index contributed by atoms with van der Waals surface area (Å²) in [7, 11) is 0. The number of unbranched alkanes of at least 4 members (excludes halogenated alkanes) is 1. The van der Waals surface area contributed by atoms with Crippen molar-refractivity contribution in [2.24, 2.45) is 0 Å². The van der Waals surface area contributed by atoms with Crippen molar-refractivity contribution in [3.63, 3.8) is 0 Å². The van der Waals surface area contributed by atoms with Crippen molar-refractivity contribution in [2.45, 2.75) is 26.3 Å². The molecule has 0 aliphatic rings. The van der Waals surface area contributed by atoms with Crippen LogP contribution in [0.3, 0.4) is 0 Å². The van der Waals surface area contributed by atoms with Crippen LogP contribution in [0.25, 0.3) is 0 Å². The van der Waals surface area contributed by atoms with Crippen LogP contribution in [-0.4, -0.2) is 22.7 Å². The molecule has 0 amide bonds. The maximum Gasteiger partial charge on any atom is 0.144 e. The van der Waals surface area contributed by atoms with E-state index < -0.39 is 0 Å². The molecule has 0 fully saturated rings. The number of anilines is 2. The molecule has 0 saturated heterocycles. The van der Waals surface area contributed by atoms with E-state index in [9.17, 15) is 0 Å². The summed E-state index contributed by atoms with van der Waals surface area (Å²) in [5, 5.41) is 3.36. The van der Waals surface area contributed by atoms with E-state index in [4.69, 9.17) is 10.5 Å². The van der Waals surface area contributed by atoms with Crippen molar-refractivity contribution >= 4 is 11.4 Å². The molecule has 0 bridgehead atoms. The summed E-state index contributed by atoms with van der Waals surface area (Å²) in [5.74, 6) is 0.746. The summed E-state index contributed by atoms with van der Waals surface area (Å²) in [5.41, 5.74) is 7.69. The first-order chi connectivity index (χ1) is 9.81. The molecule has 0 atom stereocenters. The lowest BCUT2D eigenvalue weighted by Gasteiger charge is -2.13. The number of benzene rings is 1. The van der Waals surface area contributed by atoms with Crippen LogP contribution in [0.1, 0.15) is 19.8 Å². The lowest BCUT2D eigenvalue weighted by Crippen LogP contribution is -2.07. The zero-order valence-corrected chi connectivity index (χ0v) is 11.9. The fraction of sp³-hybridized carbons (Fsp3) is 0.400. The monoisotopic (exact) mass is 274 g/mol. The van der Waals surface area contributed by atoms with Gasteiger partial charge in [-0.15, -0.1) is 0 Å². The number of hydrogen-bond acceptors (Lipinski definition) is 4. The molecule has 2 aromatic rings. The zero-order valence-electron chi connectivity index (χ0n) is 11.9. The molecule has 0 radical (unpaired) electrons. The molecule has 0 aliphatic heterocycles. The molecular weight excluding hydrogens is 252 g/mol. The van der Waals surface area contributed by atoms with Crippen LogP contribution in [0.2, 0.25) is 0 Å². The maximum atomic E-state index is 6.06. The number of aromatic nitrogens is 2. The summed E-state index contributed by atoms with van der Waals surface area (Å²) in [6.07, 6.45) is 7.82. The SMILES string of the molecule is CCOc1cccc(NCCCCn2ccnc2)c1N. The number of ether oxygens (including phenoxy) is 1. The van der Waals surface area contributed by atoms with Crippen molar-refractivity contribution in [1.29, 1.82) is 0 Å². The smallest absolute Gasteiger partial charge is 0.144 e. The number of imidazole rings is 1. The van der Waals surface area contributed by atoms with Gasteiger partial charge < -0.3 is 20.4 Å². The second-order valence-corrected chi connectivity index (χ2v) is 4.58. The molecule has 2 rings (SSSR count). The van der Waals surface area contributed by atoms with Gasteiger partial charge in [-0.05, 0) is 31.9 Å².